The number of hydrogen-bond acceptors (Lipinski definition) is 1. The van der Waals surface area contributed by atoms with E-state index >= 15 is 0 Å². The molecule has 0 heterocycles. The zero-order valence-corrected chi connectivity index (χ0v) is 11.1. The van der Waals surface area contributed by atoms with Crippen LogP contribution in [0.3, 0.4) is 0 Å². The predicted octanol–water partition coefficient (Wildman–Crippen LogP) is 3.78. The van der Waals surface area contributed by atoms with E-state index in [9.17, 15) is 13.6 Å². The molecule has 0 fully saturated rings. The van der Waals surface area contributed by atoms with Gasteiger partial charge in [0.05, 0.1) is 5.92 Å². The van der Waals surface area contributed by atoms with Gasteiger partial charge in [0.2, 0.25) is 0 Å². The lowest BCUT2D eigenvalue weighted by Gasteiger charge is -2.17. The van der Waals surface area contributed by atoms with Crippen molar-refractivity contribution in [3.05, 3.63) is 70.3 Å². The van der Waals surface area contributed by atoms with Crippen molar-refractivity contribution in [3.63, 3.8) is 0 Å². The van der Waals surface area contributed by atoms with Crippen LogP contribution in [0.15, 0.2) is 36.4 Å². The summed E-state index contributed by atoms with van der Waals surface area (Å²) in [6.45, 7) is 1.50. The highest BCUT2D eigenvalue weighted by molar-refractivity contribution is 5.88. The summed E-state index contributed by atoms with van der Waals surface area (Å²) in [6, 6.07) is 10.1. The summed E-state index contributed by atoms with van der Waals surface area (Å²) in [7, 11) is 0. The number of fused-ring (bicyclic) bond motifs is 2. The van der Waals surface area contributed by atoms with Crippen LogP contribution in [0.25, 0.3) is 0 Å². The molecule has 0 N–H and O–H groups in total. The third-order valence-electron chi connectivity index (χ3n) is 3.93. The first kappa shape index (κ1) is 13.0. The summed E-state index contributed by atoms with van der Waals surface area (Å²) in [5.74, 6) is -2.29. The fourth-order valence-corrected chi connectivity index (χ4v) is 3.01. The molecule has 0 aliphatic heterocycles. The smallest absolute Gasteiger partial charge is 0.159 e. The Morgan fingerprint density at radius 2 is 1.65 bits per heavy atom. The summed E-state index contributed by atoms with van der Waals surface area (Å²) in [5.41, 5.74) is 3.30. The van der Waals surface area contributed by atoms with Gasteiger partial charge in [-0.1, -0.05) is 24.3 Å². The zero-order valence-electron chi connectivity index (χ0n) is 11.1. The lowest BCUT2D eigenvalue weighted by molar-refractivity contribution is -0.117. The number of aryl methyl sites for hydroxylation is 2. The maximum atomic E-state index is 13.6. The van der Waals surface area contributed by atoms with Crippen molar-refractivity contribution in [2.24, 2.45) is 0 Å². The predicted molar refractivity (Wildman–Crippen MR) is 72.7 cm³/mol. The molecule has 1 aliphatic rings. The van der Waals surface area contributed by atoms with E-state index in [0.717, 1.165) is 23.1 Å². The van der Waals surface area contributed by atoms with E-state index in [0.29, 0.717) is 12.0 Å². The Bertz CT molecular complexity index is 691. The van der Waals surface area contributed by atoms with Crippen molar-refractivity contribution < 1.29 is 13.6 Å². The van der Waals surface area contributed by atoms with E-state index in [2.05, 4.69) is 0 Å². The first-order valence-corrected chi connectivity index (χ1v) is 6.64. The highest BCUT2D eigenvalue weighted by Crippen LogP contribution is 2.35. The first-order valence-electron chi connectivity index (χ1n) is 6.64. The van der Waals surface area contributed by atoms with Gasteiger partial charge in [0.1, 0.15) is 5.78 Å². The standard InChI is InChI=1S/C17H14F2O/c1-10(20)17-13-5-3-2-4-11(13)6-7-12-8-15(18)16(19)9-14(12)17/h2-5,8-9,17H,6-7H2,1H3. The molecule has 1 atom stereocenters. The molecule has 3 heteroatoms. The average molecular weight is 272 g/mol. The van der Waals surface area contributed by atoms with Crippen molar-refractivity contribution >= 4 is 5.78 Å². The zero-order chi connectivity index (χ0) is 14.3. The molecule has 3 rings (SSSR count). The van der Waals surface area contributed by atoms with E-state index in [1.54, 1.807) is 0 Å². The second-order valence-corrected chi connectivity index (χ2v) is 5.21. The molecule has 0 spiro atoms. The van der Waals surface area contributed by atoms with Gasteiger partial charge in [0.25, 0.3) is 0 Å². The summed E-state index contributed by atoms with van der Waals surface area (Å²) in [4.78, 5) is 12.1. The molecule has 0 saturated carbocycles. The minimum atomic E-state index is -0.894. The fraction of sp³-hybridized carbons (Fsp3) is 0.235. The van der Waals surface area contributed by atoms with Crippen LogP contribution in [0.2, 0.25) is 0 Å². The number of benzene rings is 2. The van der Waals surface area contributed by atoms with Crippen LogP contribution in [0.5, 0.6) is 0 Å². The van der Waals surface area contributed by atoms with Gasteiger partial charge in [-0.05, 0) is 54.2 Å². The van der Waals surface area contributed by atoms with Crippen molar-refractivity contribution in [2.45, 2.75) is 25.7 Å². The van der Waals surface area contributed by atoms with E-state index in [4.69, 9.17) is 0 Å². The maximum Gasteiger partial charge on any atom is 0.159 e. The van der Waals surface area contributed by atoms with Gasteiger partial charge >= 0.3 is 0 Å². The van der Waals surface area contributed by atoms with E-state index in [1.165, 1.54) is 19.1 Å². The molecular formula is C17H14F2O. The highest BCUT2D eigenvalue weighted by atomic mass is 19.2. The van der Waals surface area contributed by atoms with Crippen LogP contribution in [0.1, 0.15) is 35.1 Å². The summed E-state index contributed by atoms with van der Waals surface area (Å²) in [5, 5.41) is 0. The quantitative estimate of drug-likeness (QED) is 0.772. The number of carbonyl (C=O) groups excluding carboxylic acids is 1. The Morgan fingerprint density at radius 1 is 1.00 bits per heavy atom. The van der Waals surface area contributed by atoms with Crippen LogP contribution in [-0.2, 0) is 17.6 Å². The van der Waals surface area contributed by atoms with E-state index < -0.39 is 17.6 Å². The number of halogens is 2. The molecule has 1 aliphatic carbocycles. The lowest BCUT2D eigenvalue weighted by Crippen LogP contribution is -2.13. The molecule has 20 heavy (non-hydrogen) atoms. The SMILES string of the molecule is CC(=O)C1c2ccccc2CCc2cc(F)c(F)cc21. The summed E-state index contributed by atoms with van der Waals surface area (Å²) in [6.07, 6.45) is 1.35. The van der Waals surface area contributed by atoms with Crippen LogP contribution in [-0.4, -0.2) is 5.78 Å². The summed E-state index contributed by atoms with van der Waals surface area (Å²) >= 11 is 0. The van der Waals surface area contributed by atoms with Crippen LogP contribution in [0, 0.1) is 11.6 Å². The second-order valence-electron chi connectivity index (χ2n) is 5.21. The minimum absolute atomic E-state index is 0.0494. The van der Waals surface area contributed by atoms with Crippen LogP contribution in [0.4, 0.5) is 8.78 Å². The highest BCUT2D eigenvalue weighted by Gasteiger charge is 2.28. The van der Waals surface area contributed by atoms with Gasteiger partial charge in [-0.15, -0.1) is 0 Å². The molecule has 1 nitrogen and oxygen atoms in total. The number of ketones is 1. The van der Waals surface area contributed by atoms with Gasteiger partial charge in [0.15, 0.2) is 11.6 Å². The number of carbonyl (C=O) groups is 1. The number of hydrogen-bond donors (Lipinski definition) is 0. The molecule has 0 amide bonds. The van der Waals surface area contributed by atoms with Crippen molar-refractivity contribution in [3.8, 4) is 0 Å². The average Bonchev–Trinajstić information content (AvgIpc) is 2.56. The molecule has 2 aromatic rings. The monoisotopic (exact) mass is 272 g/mol. The maximum absolute atomic E-state index is 13.6. The third kappa shape index (κ3) is 2.03. The Hall–Kier alpha value is -2.03. The van der Waals surface area contributed by atoms with Crippen LogP contribution >= 0.6 is 0 Å². The van der Waals surface area contributed by atoms with E-state index in [1.807, 2.05) is 24.3 Å². The van der Waals surface area contributed by atoms with E-state index in [-0.39, 0.29) is 5.78 Å². The molecule has 1 unspecified atom stereocenters. The topological polar surface area (TPSA) is 17.1 Å². The summed E-state index contributed by atoms with van der Waals surface area (Å²) < 4.78 is 27.0. The second kappa shape index (κ2) is 4.82. The molecular weight excluding hydrogens is 258 g/mol. The third-order valence-corrected chi connectivity index (χ3v) is 3.93. The molecule has 0 aromatic heterocycles. The molecule has 2 aromatic carbocycles. The largest absolute Gasteiger partial charge is 0.299 e. The fourth-order valence-electron chi connectivity index (χ4n) is 3.01. The number of Topliss-reactive ketones (excluding diaryl/α,β-unsaturated/α-hetero) is 1. The minimum Gasteiger partial charge on any atom is -0.299 e. The molecule has 102 valence electrons. The Morgan fingerprint density at radius 3 is 2.40 bits per heavy atom. The first-order chi connectivity index (χ1) is 9.58. The normalized spacial score (nSPS) is 17.1. The lowest BCUT2D eigenvalue weighted by atomic mass is 9.85. The Kier molecular flexibility index (Phi) is 3.13. The Balaban J connectivity index is 2.27. The molecule has 0 saturated heterocycles. The molecule has 0 bridgehead atoms. The Labute approximate surface area is 116 Å². The van der Waals surface area contributed by atoms with Crippen molar-refractivity contribution in [1.82, 2.24) is 0 Å². The van der Waals surface area contributed by atoms with Crippen molar-refractivity contribution in [1.29, 1.82) is 0 Å². The van der Waals surface area contributed by atoms with Gasteiger partial charge in [-0.3, -0.25) is 4.79 Å². The van der Waals surface area contributed by atoms with Gasteiger partial charge in [-0.25, -0.2) is 8.78 Å². The van der Waals surface area contributed by atoms with Gasteiger partial charge in [-0.2, -0.15) is 0 Å². The van der Waals surface area contributed by atoms with Gasteiger partial charge in [0, 0.05) is 0 Å². The number of rotatable bonds is 1. The molecule has 0 radical (unpaired) electrons. The van der Waals surface area contributed by atoms with Gasteiger partial charge < -0.3 is 0 Å². The van der Waals surface area contributed by atoms with Crippen LogP contribution < -0.4 is 0 Å². The van der Waals surface area contributed by atoms with Crippen molar-refractivity contribution in [2.75, 3.05) is 0 Å².